The van der Waals surface area contributed by atoms with E-state index in [1.807, 2.05) is 48.9 Å². The molecule has 1 saturated heterocycles. The number of benzene rings is 1. The molecule has 1 aromatic carbocycles. The average molecular weight is 356 g/mol. The summed E-state index contributed by atoms with van der Waals surface area (Å²) in [4.78, 5) is 30.8. The van der Waals surface area contributed by atoms with E-state index in [0.29, 0.717) is 6.54 Å². The third-order valence-electron chi connectivity index (χ3n) is 4.81. The molecule has 0 bridgehead atoms. The molecular formula is C19H24N4O3. The molecule has 3 rings (SSSR count). The molecule has 0 spiro atoms. The van der Waals surface area contributed by atoms with Crippen LogP contribution in [0.3, 0.4) is 0 Å². The number of ether oxygens (including phenoxy) is 1. The Morgan fingerprint density at radius 3 is 2.88 bits per heavy atom. The number of morpholine rings is 1. The lowest BCUT2D eigenvalue weighted by atomic mass is 9.94. The highest BCUT2D eigenvalue weighted by molar-refractivity contribution is 5.86. The fourth-order valence-corrected chi connectivity index (χ4v) is 3.28. The molecule has 1 aromatic heterocycles. The molecule has 0 radical (unpaired) electrons. The second-order valence-electron chi connectivity index (χ2n) is 6.38. The van der Waals surface area contributed by atoms with Crippen LogP contribution >= 0.6 is 0 Å². The first kappa shape index (κ1) is 18.1. The van der Waals surface area contributed by atoms with Crippen molar-refractivity contribution in [3.63, 3.8) is 0 Å². The largest absolute Gasteiger partial charge is 0.356 e. The van der Waals surface area contributed by atoms with Gasteiger partial charge in [-0.3, -0.25) is 9.59 Å². The SMILES string of the molecule is CCn1ccnc1CNC(=O)[C@H]1OCC(=O)N(C)[C@@H]1c1ccccc1C. The van der Waals surface area contributed by atoms with Crippen LogP contribution in [-0.2, 0) is 27.4 Å². The molecule has 7 nitrogen and oxygen atoms in total. The van der Waals surface area contributed by atoms with E-state index in [4.69, 9.17) is 4.74 Å². The van der Waals surface area contributed by atoms with E-state index in [9.17, 15) is 9.59 Å². The van der Waals surface area contributed by atoms with Gasteiger partial charge in [0.05, 0.1) is 12.6 Å². The number of carbonyl (C=O) groups excluding carboxylic acids is 2. The van der Waals surface area contributed by atoms with Crippen molar-refractivity contribution in [2.24, 2.45) is 0 Å². The maximum absolute atomic E-state index is 12.8. The van der Waals surface area contributed by atoms with Gasteiger partial charge in [0.25, 0.3) is 5.91 Å². The number of nitrogens with zero attached hydrogens (tertiary/aromatic N) is 3. The first-order valence-electron chi connectivity index (χ1n) is 8.73. The van der Waals surface area contributed by atoms with Crippen LogP contribution in [0.1, 0.15) is 29.9 Å². The Morgan fingerprint density at radius 1 is 1.38 bits per heavy atom. The number of hydrogen-bond donors (Lipinski definition) is 1. The molecule has 2 heterocycles. The summed E-state index contributed by atoms with van der Waals surface area (Å²) in [6.07, 6.45) is 2.83. The van der Waals surface area contributed by atoms with E-state index in [0.717, 1.165) is 23.5 Å². The minimum Gasteiger partial charge on any atom is -0.356 e. The Kier molecular flexibility index (Phi) is 5.37. The average Bonchev–Trinajstić information content (AvgIpc) is 3.10. The number of nitrogens with one attached hydrogen (secondary N) is 1. The molecule has 1 aliphatic rings. The van der Waals surface area contributed by atoms with Gasteiger partial charge in [-0.25, -0.2) is 4.98 Å². The maximum Gasteiger partial charge on any atom is 0.252 e. The zero-order valence-electron chi connectivity index (χ0n) is 15.3. The lowest BCUT2D eigenvalue weighted by Crippen LogP contribution is -2.53. The minimum absolute atomic E-state index is 0.0967. The van der Waals surface area contributed by atoms with Crippen molar-refractivity contribution in [1.82, 2.24) is 19.8 Å². The molecule has 1 fully saturated rings. The summed E-state index contributed by atoms with van der Waals surface area (Å²) < 4.78 is 7.61. The molecule has 1 aliphatic heterocycles. The minimum atomic E-state index is -0.760. The summed E-state index contributed by atoms with van der Waals surface area (Å²) in [5.74, 6) is 0.403. The molecule has 2 aromatic rings. The second kappa shape index (κ2) is 7.70. The number of rotatable bonds is 5. The number of likely N-dealkylation sites (N-methyl/N-ethyl adjacent to an activating group) is 1. The summed E-state index contributed by atoms with van der Waals surface area (Å²) in [7, 11) is 1.71. The second-order valence-corrected chi connectivity index (χ2v) is 6.38. The van der Waals surface area contributed by atoms with Crippen LogP contribution in [0.4, 0.5) is 0 Å². The first-order chi connectivity index (χ1) is 12.5. The van der Waals surface area contributed by atoms with E-state index in [-0.39, 0.29) is 18.4 Å². The molecule has 0 aliphatic carbocycles. The van der Waals surface area contributed by atoms with Gasteiger partial charge in [0.2, 0.25) is 5.91 Å². The molecule has 26 heavy (non-hydrogen) atoms. The third kappa shape index (κ3) is 3.48. The Balaban J connectivity index is 1.80. The molecule has 2 atom stereocenters. The van der Waals surface area contributed by atoms with E-state index < -0.39 is 12.1 Å². The number of carbonyl (C=O) groups is 2. The number of imidazole rings is 1. The number of aromatic nitrogens is 2. The summed E-state index contributed by atoms with van der Waals surface area (Å²) in [5.41, 5.74) is 1.93. The van der Waals surface area contributed by atoms with Crippen LogP contribution in [0.2, 0.25) is 0 Å². The summed E-state index contributed by atoms with van der Waals surface area (Å²) in [6.45, 7) is 4.99. The van der Waals surface area contributed by atoms with Crippen molar-refractivity contribution in [3.8, 4) is 0 Å². The summed E-state index contributed by atoms with van der Waals surface area (Å²) >= 11 is 0. The Bertz CT molecular complexity index is 802. The van der Waals surface area contributed by atoms with Crippen molar-refractivity contribution in [2.75, 3.05) is 13.7 Å². The molecule has 0 unspecified atom stereocenters. The van der Waals surface area contributed by atoms with E-state index >= 15 is 0 Å². The predicted octanol–water partition coefficient (Wildman–Crippen LogP) is 1.43. The highest BCUT2D eigenvalue weighted by atomic mass is 16.5. The Hall–Kier alpha value is -2.67. The van der Waals surface area contributed by atoms with Crippen molar-refractivity contribution >= 4 is 11.8 Å². The highest BCUT2D eigenvalue weighted by Gasteiger charge is 2.40. The monoisotopic (exact) mass is 356 g/mol. The van der Waals surface area contributed by atoms with Crippen LogP contribution < -0.4 is 5.32 Å². The molecule has 1 N–H and O–H groups in total. The maximum atomic E-state index is 12.8. The van der Waals surface area contributed by atoms with Crippen LogP contribution in [0, 0.1) is 6.92 Å². The number of amides is 2. The standard InChI is InChI=1S/C19H24N4O3/c1-4-23-10-9-20-15(23)11-21-19(25)18-17(22(3)16(24)12-26-18)14-8-6-5-7-13(14)2/h5-10,17-18H,4,11-12H2,1-3H3,(H,21,25)/t17-,18+/m1/s1. The molecule has 2 amide bonds. The topological polar surface area (TPSA) is 76.5 Å². The van der Waals surface area contributed by atoms with Gasteiger partial charge in [0.15, 0.2) is 6.10 Å². The van der Waals surface area contributed by atoms with Gasteiger partial charge in [-0.1, -0.05) is 24.3 Å². The fourth-order valence-electron chi connectivity index (χ4n) is 3.28. The highest BCUT2D eigenvalue weighted by Crippen LogP contribution is 2.31. The quantitative estimate of drug-likeness (QED) is 0.879. The van der Waals surface area contributed by atoms with Gasteiger partial charge >= 0.3 is 0 Å². The lowest BCUT2D eigenvalue weighted by Gasteiger charge is -2.38. The fraction of sp³-hybridized carbons (Fsp3) is 0.421. The Morgan fingerprint density at radius 2 is 2.15 bits per heavy atom. The van der Waals surface area contributed by atoms with Crippen LogP contribution in [-0.4, -0.2) is 46.0 Å². The van der Waals surface area contributed by atoms with Gasteiger partial charge in [0.1, 0.15) is 12.4 Å². The molecule has 138 valence electrons. The smallest absolute Gasteiger partial charge is 0.252 e. The van der Waals surface area contributed by atoms with E-state index in [1.54, 1.807) is 18.1 Å². The van der Waals surface area contributed by atoms with Crippen LogP contribution in [0.5, 0.6) is 0 Å². The summed E-state index contributed by atoms with van der Waals surface area (Å²) in [6, 6.07) is 7.28. The number of aryl methyl sites for hydroxylation is 2. The van der Waals surface area contributed by atoms with Crippen molar-refractivity contribution < 1.29 is 14.3 Å². The summed E-state index contributed by atoms with van der Waals surface area (Å²) in [5, 5.41) is 2.90. The van der Waals surface area contributed by atoms with Crippen LogP contribution in [0.15, 0.2) is 36.7 Å². The van der Waals surface area contributed by atoms with Gasteiger partial charge in [-0.2, -0.15) is 0 Å². The zero-order valence-corrected chi connectivity index (χ0v) is 15.3. The molecule has 7 heteroatoms. The van der Waals surface area contributed by atoms with E-state index in [2.05, 4.69) is 10.3 Å². The third-order valence-corrected chi connectivity index (χ3v) is 4.81. The predicted molar refractivity (Wildman–Crippen MR) is 96.2 cm³/mol. The first-order valence-corrected chi connectivity index (χ1v) is 8.73. The normalized spacial score (nSPS) is 20.3. The Labute approximate surface area is 153 Å². The van der Waals surface area contributed by atoms with Gasteiger partial charge in [-0.15, -0.1) is 0 Å². The van der Waals surface area contributed by atoms with Gasteiger partial charge in [0, 0.05) is 26.0 Å². The van der Waals surface area contributed by atoms with Crippen LogP contribution in [0.25, 0.3) is 0 Å². The molecular weight excluding hydrogens is 332 g/mol. The van der Waals surface area contributed by atoms with Crippen molar-refractivity contribution in [2.45, 2.75) is 39.1 Å². The number of hydrogen-bond acceptors (Lipinski definition) is 4. The van der Waals surface area contributed by atoms with Gasteiger partial charge in [-0.05, 0) is 25.0 Å². The van der Waals surface area contributed by atoms with Gasteiger partial charge < -0.3 is 19.5 Å². The van der Waals surface area contributed by atoms with Crippen molar-refractivity contribution in [1.29, 1.82) is 0 Å². The molecule has 0 saturated carbocycles. The van der Waals surface area contributed by atoms with Crippen molar-refractivity contribution in [3.05, 3.63) is 53.6 Å². The zero-order chi connectivity index (χ0) is 18.7. The lowest BCUT2D eigenvalue weighted by molar-refractivity contribution is -0.162. The van der Waals surface area contributed by atoms with E-state index in [1.165, 1.54) is 0 Å².